The first-order valence-corrected chi connectivity index (χ1v) is 3.62. The van der Waals surface area contributed by atoms with Crippen molar-refractivity contribution in [1.29, 1.82) is 0 Å². The molecule has 2 heteroatoms. The molecule has 0 spiro atoms. The molecule has 2 aromatic rings. The molecule has 0 radical (unpaired) electrons. The summed E-state index contributed by atoms with van der Waals surface area (Å²) in [4.78, 5) is 0. The zero-order valence-corrected chi connectivity index (χ0v) is 6.55. The van der Waals surface area contributed by atoms with Gasteiger partial charge in [0.25, 0.3) is 5.95 Å². The molecule has 2 nitrogen and oxygen atoms in total. The van der Waals surface area contributed by atoms with Crippen LogP contribution in [0.1, 0.15) is 0 Å². The highest BCUT2D eigenvalue weighted by Crippen LogP contribution is 2.04. The smallest absolute Gasteiger partial charge is 0.281 e. The second-order valence-electron chi connectivity index (χ2n) is 2.11. The summed E-state index contributed by atoms with van der Waals surface area (Å²) in [5.74, 6) is -0.0324. The molecule has 0 fully saturated rings. The van der Waals surface area contributed by atoms with Gasteiger partial charge in [-0.1, -0.05) is 36.4 Å². The second-order valence-corrected chi connectivity index (χ2v) is 2.11. The van der Waals surface area contributed by atoms with Crippen LogP contribution in [0.2, 0.25) is 0 Å². The Bertz CT molecular complexity index is 247. The molecule has 1 aromatic carbocycles. The number of hydrogen-bond acceptors (Lipinski definition) is 2. The van der Waals surface area contributed by atoms with Gasteiger partial charge in [-0.15, -0.1) is 0 Å². The Morgan fingerprint density at radius 2 is 1.33 bits per heavy atom. The summed E-state index contributed by atoms with van der Waals surface area (Å²) >= 11 is 0. The van der Waals surface area contributed by atoms with Crippen molar-refractivity contribution in [2.45, 2.75) is 0 Å². The highest BCUT2D eigenvalue weighted by Gasteiger charge is 1.79. The summed E-state index contributed by atoms with van der Waals surface area (Å²) in [7, 11) is 0. The van der Waals surface area contributed by atoms with Crippen molar-refractivity contribution in [2.75, 3.05) is 0 Å². The number of hydrogen-bond donors (Lipinski definition) is 1. The van der Waals surface area contributed by atoms with Gasteiger partial charge in [-0.05, 0) is 6.07 Å². The van der Waals surface area contributed by atoms with Crippen molar-refractivity contribution in [3.8, 4) is 5.95 Å². The summed E-state index contributed by atoms with van der Waals surface area (Å²) in [6.45, 7) is 0. The van der Waals surface area contributed by atoms with Crippen molar-refractivity contribution >= 4 is 0 Å². The molecular formula is C10H10O2. The van der Waals surface area contributed by atoms with E-state index in [1.165, 1.54) is 12.3 Å². The number of rotatable bonds is 0. The molecule has 0 bridgehead atoms. The van der Waals surface area contributed by atoms with Gasteiger partial charge in [0.05, 0.1) is 6.26 Å². The molecule has 2 rings (SSSR count). The normalized spacial score (nSPS) is 8.33. The van der Waals surface area contributed by atoms with E-state index in [1.807, 2.05) is 36.4 Å². The van der Waals surface area contributed by atoms with Crippen LogP contribution in [0, 0.1) is 0 Å². The van der Waals surface area contributed by atoms with Gasteiger partial charge in [0.15, 0.2) is 0 Å². The lowest BCUT2D eigenvalue weighted by Gasteiger charge is -1.69. The Morgan fingerprint density at radius 3 is 1.50 bits per heavy atom. The quantitative estimate of drug-likeness (QED) is 0.646. The van der Waals surface area contributed by atoms with Crippen molar-refractivity contribution in [2.24, 2.45) is 0 Å². The third-order valence-electron chi connectivity index (χ3n) is 1.17. The average Bonchev–Trinajstić information content (AvgIpc) is 2.60. The summed E-state index contributed by atoms with van der Waals surface area (Å²) in [6.07, 6.45) is 1.41. The number of benzene rings is 1. The van der Waals surface area contributed by atoms with E-state index in [1.54, 1.807) is 6.07 Å². The fourth-order valence-electron chi connectivity index (χ4n) is 0.655. The lowest BCUT2D eigenvalue weighted by Crippen LogP contribution is -1.47. The molecule has 0 aliphatic rings. The molecule has 1 N–H and O–H groups in total. The summed E-state index contributed by atoms with van der Waals surface area (Å²) < 4.78 is 4.39. The van der Waals surface area contributed by atoms with Crippen molar-refractivity contribution in [1.82, 2.24) is 0 Å². The molecule has 1 aromatic heterocycles. The van der Waals surface area contributed by atoms with E-state index in [0.717, 1.165) is 0 Å². The molecule has 0 amide bonds. The Balaban J connectivity index is 0.000000120. The van der Waals surface area contributed by atoms with Gasteiger partial charge in [-0.3, -0.25) is 0 Å². The van der Waals surface area contributed by atoms with Gasteiger partial charge in [0.2, 0.25) is 0 Å². The van der Waals surface area contributed by atoms with Crippen LogP contribution in [0.15, 0.2) is 59.2 Å². The summed E-state index contributed by atoms with van der Waals surface area (Å²) in [5, 5.41) is 8.31. The minimum absolute atomic E-state index is 0.0324. The fraction of sp³-hybridized carbons (Fsp3) is 0. The monoisotopic (exact) mass is 162 g/mol. The predicted molar refractivity (Wildman–Crippen MR) is 46.8 cm³/mol. The van der Waals surface area contributed by atoms with E-state index in [0.29, 0.717) is 0 Å². The van der Waals surface area contributed by atoms with Crippen LogP contribution in [0.4, 0.5) is 0 Å². The summed E-state index contributed by atoms with van der Waals surface area (Å²) in [5.41, 5.74) is 0. The van der Waals surface area contributed by atoms with Crippen LogP contribution in [0.25, 0.3) is 0 Å². The lowest BCUT2D eigenvalue weighted by atomic mass is 10.4. The largest absolute Gasteiger partial charge is 0.481 e. The topological polar surface area (TPSA) is 33.4 Å². The van der Waals surface area contributed by atoms with Crippen LogP contribution in [-0.2, 0) is 0 Å². The zero-order chi connectivity index (χ0) is 8.65. The van der Waals surface area contributed by atoms with Crippen LogP contribution < -0.4 is 0 Å². The maximum Gasteiger partial charge on any atom is 0.281 e. The highest BCUT2D eigenvalue weighted by molar-refractivity contribution is 5.00. The molecule has 0 unspecified atom stereocenters. The van der Waals surface area contributed by atoms with E-state index in [2.05, 4.69) is 4.42 Å². The van der Waals surface area contributed by atoms with Gasteiger partial charge in [0, 0.05) is 6.07 Å². The fourth-order valence-corrected chi connectivity index (χ4v) is 0.655. The Kier molecular flexibility index (Phi) is 3.51. The minimum Gasteiger partial charge on any atom is -0.481 e. The van der Waals surface area contributed by atoms with Crippen LogP contribution >= 0.6 is 0 Å². The molecule has 1 heterocycles. The third kappa shape index (κ3) is 3.46. The first-order valence-electron chi connectivity index (χ1n) is 3.62. The molecule has 0 aliphatic carbocycles. The van der Waals surface area contributed by atoms with Gasteiger partial charge in [-0.2, -0.15) is 0 Å². The Hall–Kier alpha value is -1.70. The van der Waals surface area contributed by atoms with Gasteiger partial charge >= 0.3 is 0 Å². The maximum absolute atomic E-state index is 8.31. The highest BCUT2D eigenvalue weighted by atomic mass is 16.5. The Labute approximate surface area is 71.1 Å². The van der Waals surface area contributed by atoms with Crippen molar-refractivity contribution in [3.63, 3.8) is 0 Å². The summed E-state index contributed by atoms with van der Waals surface area (Å²) in [6, 6.07) is 15.1. The lowest BCUT2D eigenvalue weighted by molar-refractivity contribution is 0.332. The van der Waals surface area contributed by atoms with E-state index in [-0.39, 0.29) is 5.95 Å². The van der Waals surface area contributed by atoms with E-state index in [4.69, 9.17) is 5.11 Å². The van der Waals surface area contributed by atoms with Crippen LogP contribution in [0.3, 0.4) is 0 Å². The van der Waals surface area contributed by atoms with Crippen LogP contribution in [-0.4, -0.2) is 5.11 Å². The standard InChI is InChI=1S/C6H6.C4H4O2/c1-2-4-6-5-3-1;5-4-2-1-3-6-4/h1-6H;1-3,5H. The molecule has 0 saturated carbocycles. The van der Waals surface area contributed by atoms with Gasteiger partial charge < -0.3 is 9.52 Å². The Morgan fingerprint density at radius 1 is 0.833 bits per heavy atom. The second kappa shape index (κ2) is 5.02. The SMILES string of the molecule is Oc1ccco1.c1ccccc1. The number of aromatic hydroxyl groups is 1. The van der Waals surface area contributed by atoms with Crippen molar-refractivity contribution in [3.05, 3.63) is 54.8 Å². The molecular weight excluding hydrogens is 152 g/mol. The maximum atomic E-state index is 8.31. The molecule has 0 aliphatic heterocycles. The predicted octanol–water partition coefficient (Wildman–Crippen LogP) is 2.67. The minimum atomic E-state index is -0.0324. The average molecular weight is 162 g/mol. The van der Waals surface area contributed by atoms with Gasteiger partial charge in [-0.25, -0.2) is 0 Å². The molecule has 0 saturated heterocycles. The third-order valence-corrected chi connectivity index (χ3v) is 1.17. The van der Waals surface area contributed by atoms with E-state index in [9.17, 15) is 0 Å². The molecule has 12 heavy (non-hydrogen) atoms. The number of furan rings is 1. The van der Waals surface area contributed by atoms with E-state index >= 15 is 0 Å². The zero-order valence-electron chi connectivity index (χ0n) is 6.55. The van der Waals surface area contributed by atoms with Crippen LogP contribution in [0.5, 0.6) is 5.95 Å². The van der Waals surface area contributed by atoms with Crippen molar-refractivity contribution < 1.29 is 9.52 Å². The van der Waals surface area contributed by atoms with Gasteiger partial charge in [0.1, 0.15) is 0 Å². The molecule has 0 atom stereocenters. The first-order chi connectivity index (χ1) is 5.89. The van der Waals surface area contributed by atoms with E-state index < -0.39 is 0 Å². The first kappa shape index (κ1) is 8.40. The molecule has 62 valence electrons.